The van der Waals surface area contributed by atoms with Crippen molar-refractivity contribution < 1.29 is 17.7 Å². The summed E-state index contributed by atoms with van der Waals surface area (Å²) in [7, 11) is -3.86. The highest BCUT2D eigenvalue weighted by atomic mass is 32.2. The van der Waals surface area contributed by atoms with Crippen molar-refractivity contribution >= 4 is 10.1 Å². The summed E-state index contributed by atoms with van der Waals surface area (Å²) in [6.45, 7) is 12.3. The van der Waals surface area contributed by atoms with E-state index >= 15 is 0 Å². The largest absolute Gasteiger partial charge is 0.388 e. The zero-order chi connectivity index (χ0) is 20.2. The molecule has 1 aromatic rings. The molecule has 0 saturated heterocycles. The smallest absolute Gasteiger partial charge is 0.297 e. The van der Waals surface area contributed by atoms with Crippen LogP contribution in [0.2, 0.25) is 0 Å². The van der Waals surface area contributed by atoms with Gasteiger partial charge in [0.15, 0.2) is 0 Å². The Morgan fingerprint density at radius 3 is 2.22 bits per heavy atom. The number of hydrogen-bond acceptors (Lipinski definition) is 4. The van der Waals surface area contributed by atoms with Gasteiger partial charge in [0.1, 0.15) is 0 Å². The molecule has 0 aliphatic heterocycles. The average Bonchev–Trinajstić information content (AvgIpc) is 2.55. The van der Waals surface area contributed by atoms with Crippen LogP contribution in [0.4, 0.5) is 0 Å². The van der Waals surface area contributed by atoms with Crippen molar-refractivity contribution in [3.05, 3.63) is 41.0 Å². The SMILES string of the molecule is CC1=C(C)[C@H](O)[C@@H]2CC(C)(C)C[C@H](OS(=O)(=O)c3ccc(C)cc3)[C@@]2(C)C1. The fraction of sp³-hybridized carbons (Fsp3) is 0.636. The van der Waals surface area contributed by atoms with E-state index in [-0.39, 0.29) is 16.2 Å². The van der Waals surface area contributed by atoms with Gasteiger partial charge in [-0.05, 0) is 69.1 Å². The van der Waals surface area contributed by atoms with Crippen LogP contribution in [0.25, 0.3) is 0 Å². The van der Waals surface area contributed by atoms with Gasteiger partial charge < -0.3 is 5.11 Å². The molecular weight excluding hydrogens is 360 g/mol. The van der Waals surface area contributed by atoms with Crippen molar-refractivity contribution in [1.82, 2.24) is 0 Å². The van der Waals surface area contributed by atoms with Crippen LogP contribution in [-0.2, 0) is 14.3 Å². The van der Waals surface area contributed by atoms with Gasteiger partial charge in [-0.3, -0.25) is 4.18 Å². The second-order valence-corrected chi connectivity index (χ2v) is 11.2. The van der Waals surface area contributed by atoms with Crippen molar-refractivity contribution in [2.24, 2.45) is 16.7 Å². The molecule has 0 heterocycles. The summed E-state index contributed by atoms with van der Waals surface area (Å²) >= 11 is 0. The Morgan fingerprint density at radius 1 is 1.04 bits per heavy atom. The van der Waals surface area contributed by atoms with Gasteiger partial charge in [-0.2, -0.15) is 8.42 Å². The lowest BCUT2D eigenvalue weighted by Gasteiger charge is -2.56. The summed E-state index contributed by atoms with van der Waals surface area (Å²) in [5.41, 5.74) is 2.67. The average molecular weight is 393 g/mol. The topological polar surface area (TPSA) is 63.6 Å². The van der Waals surface area contributed by atoms with Crippen molar-refractivity contribution in [3.8, 4) is 0 Å². The van der Waals surface area contributed by atoms with Gasteiger partial charge in [0.05, 0.1) is 17.1 Å². The maximum absolute atomic E-state index is 13.0. The summed E-state index contributed by atoms with van der Waals surface area (Å²) in [6, 6.07) is 6.77. The third-order valence-corrected chi connectivity index (χ3v) is 8.12. The van der Waals surface area contributed by atoms with Crippen LogP contribution in [0, 0.1) is 23.7 Å². The van der Waals surface area contributed by atoms with E-state index < -0.39 is 27.7 Å². The van der Waals surface area contributed by atoms with Crippen LogP contribution in [0.3, 0.4) is 0 Å². The quantitative estimate of drug-likeness (QED) is 0.602. The molecule has 0 amide bonds. The third-order valence-electron chi connectivity index (χ3n) is 6.79. The molecule has 5 heteroatoms. The number of benzene rings is 1. The molecule has 0 unspecified atom stereocenters. The van der Waals surface area contributed by atoms with Crippen molar-refractivity contribution in [3.63, 3.8) is 0 Å². The van der Waals surface area contributed by atoms with Gasteiger partial charge in [-0.25, -0.2) is 0 Å². The van der Waals surface area contributed by atoms with Crippen LogP contribution in [0.1, 0.15) is 59.4 Å². The van der Waals surface area contributed by atoms with E-state index in [1.54, 1.807) is 24.3 Å². The Hall–Kier alpha value is -1.17. The fourth-order valence-electron chi connectivity index (χ4n) is 4.93. The molecule has 1 fully saturated rings. The highest BCUT2D eigenvalue weighted by Gasteiger charge is 2.55. The first-order valence-corrected chi connectivity index (χ1v) is 11.1. The predicted octanol–water partition coefficient (Wildman–Crippen LogP) is 4.61. The fourth-order valence-corrected chi connectivity index (χ4v) is 6.10. The van der Waals surface area contributed by atoms with Crippen LogP contribution >= 0.6 is 0 Å². The van der Waals surface area contributed by atoms with E-state index in [0.29, 0.717) is 6.42 Å². The molecule has 2 aliphatic carbocycles. The number of hydrogen-bond donors (Lipinski definition) is 1. The zero-order valence-corrected chi connectivity index (χ0v) is 18.1. The Kier molecular flexibility index (Phi) is 5.11. The minimum atomic E-state index is -3.86. The Labute approximate surface area is 163 Å². The van der Waals surface area contributed by atoms with Crippen molar-refractivity contribution in [2.75, 3.05) is 0 Å². The molecule has 0 radical (unpaired) electrons. The number of rotatable bonds is 3. The van der Waals surface area contributed by atoms with E-state index in [1.807, 2.05) is 20.8 Å². The number of aliphatic hydroxyl groups excluding tert-OH is 1. The lowest BCUT2D eigenvalue weighted by molar-refractivity contribution is -0.109. The normalized spacial score (nSPS) is 33.7. The molecule has 3 rings (SSSR count). The standard InChI is InChI=1S/C22H32O4S/c1-14-7-9-17(10-8-14)27(24,25)26-19-13-21(4,5)12-18-20(23)16(3)15(2)11-22(18,19)6/h7-10,18-20,23H,11-13H2,1-6H3/t18-,19-,20-,22-/m0/s1. The monoisotopic (exact) mass is 392 g/mol. The van der Waals surface area contributed by atoms with Crippen LogP contribution < -0.4 is 0 Å². The summed E-state index contributed by atoms with van der Waals surface area (Å²) < 4.78 is 31.8. The van der Waals surface area contributed by atoms with Crippen LogP contribution in [0.5, 0.6) is 0 Å². The second-order valence-electron chi connectivity index (χ2n) is 9.62. The summed E-state index contributed by atoms with van der Waals surface area (Å²) in [5, 5.41) is 10.9. The van der Waals surface area contributed by atoms with E-state index in [1.165, 1.54) is 0 Å². The predicted molar refractivity (Wildman–Crippen MR) is 107 cm³/mol. The van der Waals surface area contributed by atoms with E-state index in [4.69, 9.17) is 4.18 Å². The minimum absolute atomic E-state index is 0.0110. The lowest BCUT2D eigenvalue weighted by atomic mass is 9.52. The van der Waals surface area contributed by atoms with Gasteiger partial charge in [0.25, 0.3) is 10.1 Å². The molecule has 27 heavy (non-hydrogen) atoms. The molecular formula is C22H32O4S. The number of aliphatic hydroxyl groups is 1. The Balaban J connectivity index is 1.99. The van der Waals surface area contributed by atoms with Crippen LogP contribution in [-0.4, -0.2) is 25.7 Å². The lowest BCUT2D eigenvalue weighted by Crippen LogP contribution is -2.55. The first-order valence-electron chi connectivity index (χ1n) is 9.70. The Morgan fingerprint density at radius 2 is 1.63 bits per heavy atom. The number of fused-ring (bicyclic) bond motifs is 1. The Bertz CT molecular complexity index is 851. The highest BCUT2D eigenvalue weighted by molar-refractivity contribution is 7.86. The third kappa shape index (κ3) is 3.74. The molecule has 4 nitrogen and oxygen atoms in total. The van der Waals surface area contributed by atoms with Crippen LogP contribution in [0.15, 0.2) is 40.3 Å². The maximum Gasteiger partial charge on any atom is 0.297 e. The van der Waals surface area contributed by atoms with Crippen molar-refractivity contribution in [2.45, 2.75) is 77.9 Å². The summed E-state index contributed by atoms with van der Waals surface area (Å²) in [6.07, 6.45) is 1.26. The van der Waals surface area contributed by atoms with Crippen molar-refractivity contribution in [1.29, 1.82) is 0 Å². The van der Waals surface area contributed by atoms with Gasteiger partial charge in [-0.15, -0.1) is 0 Å². The van der Waals surface area contributed by atoms with E-state index in [9.17, 15) is 13.5 Å². The molecule has 2 aliphatic rings. The second kappa shape index (κ2) is 6.71. The zero-order valence-electron chi connectivity index (χ0n) is 17.2. The molecule has 1 N–H and O–H groups in total. The maximum atomic E-state index is 13.0. The van der Waals surface area contributed by atoms with Gasteiger partial charge in [0, 0.05) is 5.41 Å². The minimum Gasteiger partial charge on any atom is -0.388 e. The highest BCUT2D eigenvalue weighted by Crippen LogP contribution is 2.57. The molecule has 1 saturated carbocycles. The summed E-state index contributed by atoms with van der Waals surface area (Å²) in [4.78, 5) is 0.191. The molecule has 4 atom stereocenters. The van der Waals surface area contributed by atoms with Gasteiger partial charge in [-0.1, -0.05) is 44.0 Å². The number of aryl methyl sites for hydroxylation is 1. The molecule has 150 valence electrons. The molecule has 0 bridgehead atoms. The first-order chi connectivity index (χ1) is 12.4. The molecule has 0 aromatic heterocycles. The van der Waals surface area contributed by atoms with Gasteiger partial charge >= 0.3 is 0 Å². The first kappa shape index (κ1) is 20.6. The molecule has 0 spiro atoms. The number of allylic oxidation sites excluding steroid dienone is 1. The van der Waals surface area contributed by atoms with E-state index in [0.717, 1.165) is 29.6 Å². The van der Waals surface area contributed by atoms with Gasteiger partial charge in [0.2, 0.25) is 0 Å². The molecule has 1 aromatic carbocycles. The van der Waals surface area contributed by atoms with E-state index in [2.05, 4.69) is 20.8 Å². The summed E-state index contributed by atoms with van der Waals surface area (Å²) in [5.74, 6) is -0.0110.